The second-order valence-corrected chi connectivity index (χ2v) is 6.25. The van der Waals surface area contributed by atoms with Crippen LogP contribution >= 0.6 is 11.3 Å². The van der Waals surface area contributed by atoms with E-state index < -0.39 is 10.0 Å². The Morgan fingerprint density at radius 3 is 2.74 bits per heavy atom. The van der Waals surface area contributed by atoms with E-state index in [-0.39, 0.29) is 5.03 Å². The van der Waals surface area contributed by atoms with Gasteiger partial charge in [-0.3, -0.25) is 4.72 Å². The normalized spacial score (nSPS) is 11.4. The van der Waals surface area contributed by atoms with Gasteiger partial charge in [-0.15, -0.1) is 11.3 Å². The molecule has 0 aromatic carbocycles. The predicted octanol–water partition coefficient (Wildman–Crippen LogP) is 1.45. The molecular weight excluding hydrogens is 284 g/mol. The molecule has 2 N–H and O–H groups in total. The number of anilines is 1. The van der Waals surface area contributed by atoms with Gasteiger partial charge in [0.15, 0.2) is 10.2 Å². The predicted molar refractivity (Wildman–Crippen MR) is 74.5 cm³/mol. The molecule has 0 atom stereocenters. The first-order chi connectivity index (χ1) is 9.12. The lowest BCUT2D eigenvalue weighted by Gasteiger charge is -2.05. The van der Waals surface area contributed by atoms with Crippen molar-refractivity contribution in [2.45, 2.75) is 18.5 Å². The number of sulfonamides is 1. The van der Waals surface area contributed by atoms with Crippen LogP contribution in [-0.4, -0.2) is 24.9 Å². The van der Waals surface area contributed by atoms with Crippen LogP contribution in [0.2, 0.25) is 0 Å². The van der Waals surface area contributed by atoms with Gasteiger partial charge in [0, 0.05) is 24.3 Å². The van der Waals surface area contributed by atoms with E-state index in [1.165, 1.54) is 23.6 Å². The Labute approximate surface area is 116 Å². The number of hydrogen-bond donors (Lipinski definition) is 2. The quantitative estimate of drug-likeness (QED) is 0.843. The Morgan fingerprint density at radius 2 is 2.16 bits per heavy atom. The average Bonchev–Trinajstić information content (AvgIpc) is 2.89. The van der Waals surface area contributed by atoms with Crippen LogP contribution in [0.4, 0.5) is 5.13 Å². The molecule has 102 valence electrons. The van der Waals surface area contributed by atoms with E-state index >= 15 is 0 Å². The molecule has 0 amide bonds. The molecule has 0 saturated heterocycles. The molecule has 2 rings (SSSR count). The van der Waals surface area contributed by atoms with Gasteiger partial charge < -0.3 is 5.32 Å². The first-order valence-electron chi connectivity index (χ1n) is 5.70. The van der Waals surface area contributed by atoms with E-state index in [1.54, 1.807) is 17.6 Å². The Hall–Kier alpha value is -1.51. The number of thiazole rings is 1. The van der Waals surface area contributed by atoms with E-state index in [1.807, 2.05) is 6.92 Å². The van der Waals surface area contributed by atoms with E-state index in [4.69, 9.17) is 0 Å². The third-order valence-corrected chi connectivity index (χ3v) is 4.38. The van der Waals surface area contributed by atoms with Crippen molar-refractivity contribution >= 4 is 26.5 Å². The van der Waals surface area contributed by atoms with Gasteiger partial charge in [0.1, 0.15) is 0 Å². The third kappa shape index (κ3) is 3.72. The standard InChI is InChI=1S/C11H14N4O2S2/c1-2-12-7-9-3-4-10(14-8-9)19(16,17)15-11-13-5-6-18-11/h3-6,8,12H,2,7H2,1H3,(H,13,15). The van der Waals surface area contributed by atoms with E-state index in [2.05, 4.69) is 20.0 Å². The molecule has 8 heteroatoms. The van der Waals surface area contributed by atoms with E-state index in [0.29, 0.717) is 11.7 Å². The van der Waals surface area contributed by atoms with Crippen LogP contribution in [0.1, 0.15) is 12.5 Å². The Balaban J connectivity index is 2.12. The summed E-state index contributed by atoms with van der Waals surface area (Å²) in [7, 11) is -3.65. The summed E-state index contributed by atoms with van der Waals surface area (Å²) in [5.41, 5.74) is 0.940. The largest absolute Gasteiger partial charge is 0.313 e. The summed E-state index contributed by atoms with van der Waals surface area (Å²) in [6, 6.07) is 3.23. The highest BCUT2D eigenvalue weighted by Crippen LogP contribution is 2.16. The van der Waals surface area contributed by atoms with Gasteiger partial charge in [0.2, 0.25) is 0 Å². The highest BCUT2D eigenvalue weighted by atomic mass is 32.2. The number of hydrogen-bond acceptors (Lipinski definition) is 6. The highest BCUT2D eigenvalue weighted by Gasteiger charge is 2.16. The lowest BCUT2D eigenvalue weighted by molar-refractivity contribution is 0.597. The maximum absolute atomic E-state index is 12.0. The molecule has 2 aromatic heterocycles. The van der Waals surface area contributed by atoms with Crippen molar-refractivity contribution in [3.63, 3.8) is 0 Å². The minimum Gasteiger partial charge on any atom is -0.313 e. The van der Waals surface area contributed by atoms with Crippen LogP contribution in [0.25, 0.3) is 0 Å². The summed E-state index contributed by atoms with van der Waals surface area (Å²) in [5, 5.41) is 5.17. The van der Waals surface area contributed by atoms with Crippen molar-refractivity contribution in [2.24, 2.45) is 0 Å². The zero-order chi connectivity index (χ0) is 13.7. The summed E-state index contributed by atoms with van der Waals surface area (Å²) < 4.78 is 26.4. The molecule has 0 spiro atoms. The van der Waals surface area contributed by atoms with Crippen molar-refractivity contribution in [2.75, 3.05) is 11.3 Å². The fourth-order valence-corrected chi connectivity index (χ4v) is 3.10. The number of nitrogens with one attached hydrogen (secondary N) is 2. The van der Waals surface area contributed by atoms with Crippen LogP contribution in [0.15, 0.2) is 34.9 Å². The molecule has 0 aliphatic heterocycles. The zero-order valence-electron chi connectivity index (χ0n) is 10.3. The Bertz CT molecular complexity index is 609. The number of nitrogens with zero attached hydrogens (tertiary/aromatic N) is 2. The number of pyridine rings is 1. The van der Waals surface area contributed by atoms with Crippen molar-refractivity contribution in [3.05, 3.63) is 35.5 Å². The fourth-order valence-electron chi connectivity index (χ4n) is 1.38. The summed E-state index contributed by atoms with van der Waals surface area (Å²) >= 11 is 1.22. The van der Waals surface area contributed by atoms with Gasteiger partial charge in [-0.05, 0) is 18.2 Å². The molecule has 2 aromatic rings. The summed E-state index contributed by atoms with van der Waals surface area (Å²) in [5.74, 6) is 0. The van der Waals surface area contributed by atoms with Crippen molar-refractivity contribution in [3.8, 4) is 0 Å². The van der Waals surface area contributed by atoms with Gasteiger partial charge in [-0.2, -0.15) is 8.42 Å². The second kappa shape index (κ2) is 6.09. The maximum Gasteiger partial charge on any atom is 0.281 e. The molecule has 0 unspecified atom stereocenters. The molecule has 0 bridgehead atoms. The number of rotatable bonds is 6. The molecule has 19 heavy (non-hydrogen) atoms. The van der Waals surface area contributed by atoms with Gasteiger partial charge >= 0.3 is 0 Å². The first kappa shape index (κ1) is 13.9. The number of aromatic nitrogens is 2. The van der Waals surface area contributed by atoms with Crippen LogP contribution in [0.5, 0.6) is 0 Å². The summed E-state index contributed by atoms with van der Waals surface area (Å²) in [6.45, 7) is 3.53. The van der Waals surface area contributed by atoms with E-state index in [0.717, 1.165) is 12.1 Å². The lowest BCUT2D eigenvalue weighted by atomic mass is 10.3. The van der Waals surface area contributed by atoms with Crippen molar-refractivity contribution in [1.82, 2.24) is 15.3 Å². The average molecular weight is 298 g/mol. The second-order valence-electron chi connectivity index (χ2n) is 3.73. The smallest absolute Gasteiger partial charge is 0.281 e. The molecule has 6 nitrogen and oxygen atoms in total. The van der Waals surface area contributed by atoms with Gasteiger partial charge in [-0.25, -0.2) is 9.97 Å². The highest BCUT2D eigenvalue weighted by molar-refractivity contribution is 7.92. The van der Waals surface area contributed by atoms with Gasteiger partial charge in [0.25, 0.3) is 10.0 Å². The van der Waals surface area contributed by atoms with Crippen LogP contribution in [0, 0.1) is 0 Å². The lowest BCUT2D eigenvalue weighted by Crippen LogP contribution is -2.15. The maximum atomic E-state index is 12.0. The van der Waals surface area contributed by atoms with Crippen molar-refractivity contribution in [1.29, 1.82) is 0 Å². The molecule has 0 aliphatic rings. The Kier molecular flexibility index (Phi) is 4.46. The van der Waals surface area contributed by atoms with Crippen LogP contribution in [0.3, 0.4) is 0 Å². The SMILES string of the molecule is CCNCc1ccc(S(=O)(=O)Nc2nccs2)nc1. The molecule has 0 saturated carbocycles. The van der Waals surface area contributed by atoms with Crippen LogP contribution < -0.4 is 10.0 Å². The summed E-state index contributed by atoms with van der Waals surface area (Å²) in [4.78, 5) is 7.85. The first-order valence-corrected chi connectivity index (χ1v) is 8.06. The molecule has 2 heterocycles. The Morgan fingerprint density at radius 1 is 1.32 bits per heavy atom. The minimum atomic E-state index is -3.65. The van der Waals surface area contributed by atoms with Crippen molar-refractivity contribution < 1.29 is 8.42 Å². The molecular formula is C11H14N4O2S2. The monoisotopic (exact) mass is 298 g/mol. The third-order valence-electron chi connectivity index (χ3n) is 2.31. The van der Waals surface area contributed by atoms with E-state index in [9.17, 15) is 8.42 Å². The van der Waals surface area contributed by atoms with Gasteiger partial charge in [-0.1, -0.05) is 13.0 Å². The molecule has 0 fully saturated rings. The minimum absolute atomic E-state index is 0.0112. The molecule has 0 radical (unpaired) electrons. The zero-order valence-corrected chi connectivity index (χ0v) is 12.0. The van der Waals surface area contributed by atoms with Crippen LogP contribution in [-0.2, 0) is 16.6 Å². The van der Waals surface area contributed by atoms with Gasteiger partial charge in [0.05, 0.1) is 0 Å². The topological polar surface area (TPSA) is 84.0 Å². The fraction of sp³-hybridized carbons (Fsp3) is 0.273. The molecule has 0 aliphatic carbocycles. The summed E-state index contributed by atoms with van der Waals surface area (Å²) in [6.07, 6.45) is 3.09.